The van der Waals surface area contributed by atoms with E-state index >= 15 is 0 Å². The Kier molecular flexibility index (Phi) is 10.2. The van der Waals surface area contributed by atoms with Gasteiger partial charge < -0.3 is 9.84 Å². The first-order chi connectivity index (χ1) is 22.7. The summed E-state index contributed by atoms with van der Waals surface area (Å²) in [6.45, 7) is 4.32. The van der Waals surface area contributed by atoms with Crippen LogP contribution in [0.2, 0.25) is 0 Å². The molecule has 1 unspecified atom stereocenters. The summed E-state index contributed by atoms with van der Waals surface area (Å²) in [5, 5.41) is 12.4. The monoisotopic (exact) mass is 692 g/mol. The first kappa shape index (κ1) is 35.0. The fourth-order valence-electron chi connectivity index (χ4n) is 5.68. The number of sulfonamides is 1. The molecule has 0 saturated carbocycles. The number of nitrogens with zero attached hydrogens (tertiary/aromatic N) is 4. The third kappa shape index (κ3) is 7.21. The Morgan fingerprint density at radius 1 is 1.04 bits per heavy atom. The second kappa shape index (κ2) is 14.0. The van der Waals surface area contributed by atoms with E-state index < -0.39 is 50.7 Å². The van der Waals surface area contributed by atoms with E-state index in [0.29, 0.717) is 48.8 Å². The predicted molar refractivity (Wildman–Crippen MR) is 167 cm³/mol. The predicted octanol–water partition coefficient (Wildman–Crippen LogP) is 7.48. The van der Waals surface area contributed by atoms with Gasteiger partial charge in [0.25, 0.3) is 6.43 Å². The fourth-order valence-corrected chi connectivity index (χ4v) is 7.33. The van der Waals surface area contributed by atoms with Crippen molar-refractivity contribution in [2.24, 2.45) is 0 Å². The first-order valence-electron chi connectivity index (χ1n) is 15.2. The summed E-state index contributed by atoms with van der Waals surface area (Å²) < 4.78 is 103. The number of pyridine rings is 1. The molecular formula is C33H33F5N4O5S. The number of aromatic carboxylic acids is 1. The van der Waals surface area contributed by atoms with E-state index in [4.69, 9.17) is 4.74 Å². The molecule has 4 aromatic rings. The van der Waals surface area contributed by atoms with Gasteiger partial charge in [0.15, 0.2) is 11.5 Å². The van der Waals surface area contributed by atoms with Crippen LogP contribution in [0, 0.1) is 0 Å². The lowest BCUT2D eigenvalue weighted by Gasteiger charge is -2.33. The van der Waals surface area contributed by atoms with Gasteiger partial charge in [-0.2, -0.15) is 18.3 Å². The molecular weight excluding hydrogens is 659 g/mol. The van der Waals surface area contributed by atoms with E-state index in [1.165, 1.54) is 36.4 Å². The second-order valence-electron chi connectivity index (χ2n) is 11.5. The normalized spacial score (nSPS) is 15.5. The highest BCUT2D eigenvalue weighted by Crippen LogP contribution is 2.39. The van der Waals surface area contributed by atoms with Crippen molar-refractivity contribution in [1.82, 2.24) is 19.1 Å². The molecule has 5 rings (SSSR count). The summed E-state index contributed by atoms with van der Waals surface area (Å²) in [5.41, 5.74) is -1.27. The highest BCUT2D eigenvalue weighted by Gasteiger charge is 2.41. The van der Waals surface area contributed by atoms with Crippen LogP contribution in [0.4, 0.5) is 22.0 Å². The number of carbonyl (C=O) groups is 1. The van der Waals surface area contributed by atoms with Crippen molar-refractivity contribution >= 4 is 16.0 Å². The van der Waals surface area contributed by atoms with Crippen molar-refractivity contribution in [2.45, 2.75) is 63.5 Å². The molecule has 1 N–H and O–H groups in total. The molecule has 3 heterocycles. The Labute approximate surface area is 274 Å². The molecule has 9 nitrogen and oxygen atoms in total. The van der Waals surface area contributed by atoms with Crippen LogP contribution in [0.15, 0.2) is 66.9 Å². The van der Waals surface area contributed by atoms with Gasteiger partial charge in [0.2, 0.25) is 10.0 Å². The van der Waals surface area contributed by atoms with Crippen LogP contribution in [0.3, 0.4) is 0 Å². The van der Waals surface area contributed by atoms with E-state index in [0.717, 1.165) is 5.56 Å². The Hall–Kier alpha value is -4.37. The molecule has 256 valence electrons. The Bertz CT molecular complexity index is 1870. The molecule has 1 aliphatic rings. The highest BCUT2D eigenvalue weighted by molar-refractivity contribution is 7.89. The number of ether oxygens (including phenoxy) is 1. The summed E-state index contributed by atoms with van der Waals surface area (Å²) in [6.07, 6.45) is -5.57. The van der Waals surface area contributed by atoms with Crippen LogP contribution >= 0.6 is 0 Å². The molecule has 2 aromatic carbocycles. The van der Waals surface area contributed by atoms with Gasteiger partial charge >= 0.3 is 12.1 Å². The Morgan fingerprint density at radius 2 is 1.71 bits per heavy atom. The lowest BCUT2D eigenvalue weighted by Crippen LogP contribution is -2.42. The fraction of sp³-hybridized carbons (Fsp3) is 0.364. The van der Waals surface area contributed by atoms with Crippen molar-refractivity contribution in [3.8, 4) is 22.8 Å². The maximum atomic E-state index is 14.1. The Balaban J connectivity index is 1.36. The zero-order valence-corrected chi connectivity index (χ0v) is 26.8. The van der Waals surface area contributed by atoms with Crippen molar-refractivity contribution < 1.29 is 45.0 Å². The van der Waals surface area contributed by atoms with Crippen LogP contribution in [0.1, 0.15) is 78.2 Å². The van der Waals surface area contributed by atoms with Gasteiger partial charge in [0.05, 0.1) is 22.7 Å². The largest absolute Gasteiger partial charge is 0.488 e. The zero-order chi connectivity index (χ0) is 34.8. The summed E-state index contributed by atoms with van der Waals surface area (Å²) in [7, 11) is -3.33. The summed E-state index contributed by atoms with van der Waals surface area (Å²) in [5.74, 6) is -2.25. The van der Waals surface area contributed by atoms with E-state index in [-0.39, 0.29) is 35.3 Å². The molecule has 0 amide bonds. The molecule has 1 atom stereocenters. The van der Waals surface area contributed by atoms with Crippen molar-refractivity contribution in [3.63, 3.8) is 0 Å². The smallest absolute Gasteiger partial charge is 0.434 e. The minimum atomic E-state index is -5.08. The number of carboxylic acids is 1. The number of piperidine rings is 1. The van der Waals surface area contributed by atoms with Gasteiger partial charge in [-0.15, -0.1) is 0 Å². The van der Waals surface area contributed by atoms with E-state index in [9.17, 15) is 40.3 Å². The molecule has 0 spiro atoms. The third-order valence-corrected chi connectivity index (χ3v) is 10.9. The molecule has 48 heavy (non-hydrogen) atoms. The molecule has 1 fully saturated rings. The number of alkyl halides is 5. The van der Waals surface area contributed by atoms with E-state index in [2.05, 4.69) is 10.1 Å². The van der Waals surface area contributed by atoms with Crippen LogP contribution in [-0.2, 0) is 22.8 Å². The standard InChI is InChI=1S/C33H33F5N4O5S/c1-3-20(2)48(45,46)41-16-14-23(15-17-41)22-12-10-21(11-13-22)19-47-29-24(6-4-7-25(29)31(34)35)27-8-5-9-28(40-27)42-30(33(36,37)38)26(18-39-42)32(43)44/h4-13,18,20,23,31H,3,14-17,19H2,1-2H3,(H,43,44). The third-order valence-electron chi connectivity index (χ3n) is 8.51. The lowest BCUT2D eigenvalue weighted by atomic mass is 9.90. The van der Waals surface area contributed by atoms with Crippen LogP contribution in [0.25, 0.3) is 17.1 Å². The number of para-hydroxylation sites is 1. The second-order valence-corrected chi connectivity index (χ2v) is 13.8. The van der Waals surface area contributed by atoms with Gasteiger partial charge in [-0.25, -0.2) is 36.0 Å². The highest BCUT2D eigenvalue weighted by atomic mass is 32.2. The molecule has 0 bridgehead atoms. The number of rotatable bonds is 11. The van der Waals surface area contributed by atoms with E-state index in [1.54, 1.807) is 23.4 Å². The number of hydrogen-bond acceptors (Lipinski definition) is 6. The van der Waals surface area contributed by atoms with Gasteiger partial charge in [-0.3, -0.25) is 0 Å². The quantitative estimate of drug-likeness (QED) is 0.162. The summed E-state index contributed by atoms with van der Waals surface area (Å²) in [4.78, 5) is 15.6. The van der Waals surface area contributed by atoms with Crippen molar-refractivity contribution in [2.75, 3.05) is 13.1 Å². The van der Waals surface area contributed by atoms with Crippen LogP contribution in [-0.4, -0.2) is 56.9 Å². The number of aromatic nitrogens is 3. The first-order valence-corrected chi connectivity index (χ1v) is 16.7. The number of halogens is 5. The van der Waals surface area contributed by atoms with E-state index in [1.807, 2.05) is 19.1 Å². The number of hydrogen-bond donors (Lipinski definition) is 1. The minimum absolute atomic E-state index is 0.00235. The number of carboxylic acid groups (broad SMARTS) is 1. The van der Waals surface area contributed by atoms with Gasteiger partial charge in [-0.1, -0.05) is 43.3 Å². The molecule has 1 saturated heterocycles. The minimum Gasteiger partial charge on any atom is -0.488 e. The maximum Gasteiger partial charge on any atom is 0.434 e. The van der Waals surface area contributed by atoms with Gasteiger partial charge in [-0.05, 0) is 67.5 Å². The summed E-state index contributed by atoms with van der Waals surface area (Å²) >= 11 is 0. The summed E-state index contributed by atoms with van der Waals surface area (Å²) in [6, 6.07) is 15.3. The molecule has 15 heteroatoms. The van der Waals surface area contributed by atoms with Crippen molar-refractivity contribution in [1.29, 1.82) is 0 Å². The van der Waals surface area contributed by atoms with Crippen LogP contribution in [0.5, 0.6) is 5.75 Å². The SMILES string of the molecule is CCC(C)S(=O)(=O)N1CCC(c2ccc(COc3c(-c4cccc(-n5ncc(C(=O)O)c5C(F)(F)F)n4)cccc3C(F)F)cc2)CC1. The average molecular weight is 693 g/mol. The zero-order valence-electron chi connectivity index (χ0n) is 26.0. The molecule has 0 aliphatic carbocycles. The topological polar surface area (TPSA) is 115 Å². The lowest BCUT2D eigenvalue weighted by molar-refractivity contribution is -0.143. The molecule has 2 aromatic heterocycles. The van der Waals surface area contributed by atoms with Crippen LogP contribution < -0.4 is 4.74 Å². The van der Waals surface area contributed by atoms with Gasteiger partial charge in [0, 0.05) is 18.7 Å². The van der Waals surface area contributed by atoms with Crippen molar-refractivity contribution in [3.05, 3.63) is 94.8 Å². The molecule has 0 radical (unpaired) electrons. The maximum absolute atomic E-state index is 14.1. The molecule has 1 aliphatic heterocycles. The Morgan fingerprint density at radius 3 is 2.31 bits per heavy atom. The number of benzene rings is 2. The van der Waals surface area contributed by atoms with Gasteiger partial charge in [0.1, 0.15) is 17.9 Å². The average Bonchev–Trinajstić information content (AvgIpc) is 3.54.